The van der Waals surface area contributed by atoms with Crippen molar-refractivity contribution in [2.24, 2.45) is 0 Å². The maximum atomic E-state index is 13.4. The molecule has 0 spiro atoms. The number of halogens is 4. The average Bonchev–Trinajstić information content (AvgIpc) is 1.99. The zero-order chi connectivity index (χ0) is 11.6. The SMILES string of the molecule is CN(C)c1c(F)cc(F)cc1[CH]=[Ru]([Cl])[Cl]. The van der Waals surface area contributed by atoms with Gasteiger partial charge in [0.05, 0.1) is 0 Å². The second kappa shape index (κ2) is 5.33. The molecular weight excluding hydrogens is 332 g/mol. The molecule has 0 heterocycles. The van der Waals surface area contributed by atoms with Crippen molar-refractivity contribution in [3.63, 3.8) is 0 Å². The van der Waals surface area contributed by atoms with Crippen molar-refractivity contribution in [1.29, 1.82) is 0 Å². The summed E-state index contributed by atoms with van der Waals surface area (Å²) in [6.07, 6.45) is 0. The quantitative estimate of drug-likeness (QED) is 0.748. The number of hydrogen-bond acceptors (Lipinski definition) is 1. The second-order valence-electron chi connectivity index (χ2n) is 3.03. The minimum atomic E-state index is -2.09. The van der Waals surface area contributed by atoms with E-state index in [1.165, 1.54) is 10.7 Å². The first-order valence-electron chi connectivity index (χ1n) is 3.91. The van der Waals surface area contributed by atoms with Crippen molar-refractivity contribution in [2.75, 3.05) is 19.0 Å². The van der Waals surface area contributed by atoms with Crippen molar-refractivity contribution in [3.8, 4) is 0 Å². The molecule has 0 aliphatic heterocycles. The Kier molecular flexibility index (Phi) is 4.63. The Bertz CT molecular complexity index is 403. The molecule has 0 amide bonds. The number of anilines is 1. The van der Waals surface area contributed by atoms with E-state index < -0.39 is 25.2 Å². The summed E-state index contributed by atoms with van der Waals surface area (Å²) in [7, 11) is 14.7. The summed E-state index contributed by atoms with van der Waals surface area (Å²) in [5.74, 6) is -1.25. The standard InChI is InChI=1S/C9H9F2N.2ClH.Ru/c1-6-4-7(10)5-8(11)9(6)12(2)3;;;/h1,4-5H,2-3H3;2*1H;/q;;;+2/p-2. The van der Waals surface area contributed by atoms with Gasteiger partial charge in [-0.1, -0.05) is 0 Å². The fourth-order valence-electron chi connectivity index (χ4n) is 1.22. The molecule has 0 aliphatic carbocycles. The van der Waals surface area contributed by atoms with E-state index in [4.69, 9.17) is 19.4 Å². The summed E-state index contributed by atoms with van der Waals surface area (Å²) in [6.45, 7) is 0. The first-order valence-corrected chi connectivity index (χ1v) is 9.39. The summed E-state index contributed by atoms with van der Waals surface area (Å²) in [5.41, 5.74) is 0.706. The van der Waals surface area contributed by atoms with E-state index in [1.807, 2.05) is 0 Å². The van der Waals surface area contributed by atoms with Crippen LogP contribution in [-0.2, 0) is 13.5 Å². The molecule has 0 unspecified atom stereocenters. The van der Waals surface area contributed by atoms with Crippen LogP contribution in [0.25, 0.3) is 0 Å². The Balaban J connectivity index is 3.40. The van der Waals surface area contributed by atoms with Gasteiger partial charge in [-0.2, -0.15) is 0 Å². The fraction of sp³-hybridized carbons (Fsp3) is 0.222. The molecule has 0 bridgehead atoms. The van der Waals surface area contributed by atoms with Crippen molar-refractivity contribution < 1.29 is 22.3 Å². The summed E-state index contributed by atoms with van der Waals surface area (Å²) in [6, 6.07) is 2.07. The Morgan fingerprint density at radius 1 is 1.27 bits per heavy atom. The van der Waals surface area contributed by atoms with E-state index in [2.05, 4.69) is 0 Å². The van der Waals surface area contributed by atoms with E-state index in [9.17, 15) is 8.78 Å². The minimum absolute atomic E-state index is 0.302. The van der Waals surface area contributed by atoms with Crippen LogP contribution in [0.2, 0.25) is 0 Å². The Morgan fingerprint density at radius 2 is 1.87 bits per heavy atom. The number of nitrogens with zero attached hydrogens (tertiary/aromatic N) is 1. The van der Waals surface area contributed by atoms with Gasteiger partial charge in [-0.05, 0) is 0 Å². The van der Waals surface area contributed by atoms with E-state index in [1.54, 1.807) is 19.0 Å². The molecule has 1 aromatic carbocycles. The molecule has 0 atom stereocenters. The first kappa shape index (κ1) is 13.0. The zero-order valence-corrected chi connectivity index (χ0v) is 11.3. The molecule has 0 aromatic heterocycles. The van der Waals surface area contributed by atoms with Crippen molar-refractivity contribution in [2.45, 2.75) is 0 Å². The monoisotopic (exact) mass is 341 g/mol. The molecule has 86 valence electrons. The van der Waals surface area contributed by atoms with Gasteiger partial charge < -0.3 is 0 Å². The fourth-order valence-corrected chi connectivity index (χ4v) is 2.99. The van der Waals surface area contributed by atoms with Gasteiger partial charge in [-0.15, -0.1) is 0 Å². The van der Waals surface area contributed by atoms with Gasteiger partial charge in [-0.25, -0.2) is 0 Å². The predicted octanol–water partition coefficient (Wildman–Crippen LogP) is 3.11. The van der Waals surface area contributed by atoms with Crippen LogP contribution in [0.5, 0.6) is 0 Å². The van der Waals surface area contributed by atoms with Crippen LogP contribution >= 0.6 is 19.4 Å². The molecule has 0 radical (unpaired) electrons. The van der Waals surface area contributed by atoms with Crippen LogP contribution in [-0.4, -0.2) is 18.7 Å². The van der Waals surface area contributed by atoms with Crippen molar-refractivity contribution >= 4 is 29.7 Å². The van der Waals surface area contributed by atoms with E-state index in [0.29, 0.717) is 11.3 Å². The summed E-state index contributed by atoms with van der Waals surface area (Å²) >= 11 is -2.09. The van der Waals surface area contributed by atoms with Crippen molar-refractivity contribution in [1.82, 2.24) is 0 Å². The van der Waals surface area contributed by atoms with Gasteiger partial charge in [0.1, 0.15) is 0 Å². The topological polar surface area (TPSA) is 3.24 Å². The average molecular weight is 341 g/mol. The molecule has 1 nitrogen and oxygen atoms in total. The summed E-state index contributed by atoms with van der Waals surface area (Å²) < 4.78 is 27.9. The first-order chi connectivity index (χ1) is 6.91. The molecule has 0 fully saturated rings. The second-order valence-corrected chi connectivity index (χ2v) is 8.75. The Morgan fingerprint density at radius 3 is 2.33 bits per heavy atom. The van der Waals surface area contributed by atoms with Gasteiger partial charge in [0.15, 0.2) is 0 Å². The normalized spacial score (nSPS) is 11.2. The van der Waals surface area contributed by atoms with Crippen LogP contribution in [0.1, 0.15) is 5.56 Å². The molecule has 0 saturated heterocycles. The number of rotatable bonds is 2. The third-order valence-corrected chi connectivity index (χ3v) is 3.52. The molecule has 0 N–H and O–H groups in total. The van der Waals surface area contributed by atoms with Crippen LogP contribution in [0.15, 0.2) is 12.1 Å². The molecule has 6 heteroatoms. The molecule has 1 aromatic rings. The van der Waals surface area contributed by atoms with Crippen LogP contribution in [0.4, 0.5) is 14.5 Å². The van der Waals surface area contributed by atoms with Gasteiger partial charge in [0.25, 0.3) is 0 Å². The van der Waals surface area contributed by atoms with Crippen LogP contribution in [0, 0.1) is 11.6 Å². The summed E-state index contributed by atoms with van der Waals surface area (Å²) in [5, 5.41) is 0. The molecule has 0 saturated carbocycles. The Hall–Kier alpha value is -0.0466. The van der Waals surface area contributed by atoms with Gasteiger partial charge >= 0.3 is 100 Å². The zero-order valence-electron chi connectivity index (χ0n) is 8.04. The van der Waals surface area contributed by atoms with Crippen molar-refractivity contribution in [3.05, 3.63) is 29.3 Å². The van der Waals surface area contributed by atoms with E-state index in [0.717, 1.165) is 6.07 Å². The van der Waals surface area contributed by atoms with Gasteiger partial charge in [0.2, 0.25) is 0 Å². The number of benzene rings is 1. The van der Waals surface area contributed by atoms with Gasteiger partial charge in [0, 0.05) is 0 Å². The van der Waals surface area contributed by atoms with E-state index >= 15 is 0 Å². The molecule has 15 heavy (non-hydrogen) atoms. The van der Waals surface area contributed by atoms with Crippen LogP contribution in [0.3, 0.4) is 0 Å². The molecular formula is C9H9Cl2F2NRu. The maximum absolute atomic E-state index is 13.4. The molecule has 1 rings (SSSR count). The van der Waals surface area contributed by atoms with Crippen LogP contribution < -0.4 is 4.90 Å². The third kappa shape index (κ3) is 3.47. The van der Waals surface area contributed by atoms with Gasteiger partial charge in [-0.3, -0.25) is 0 Å². The predicted molar refractivity (Wildman–Crippen MR) is 57.6 cm³/mol. The third-order valence-electron chi connectivity index (χ3n) is 1.69. The Labute approximate surface area is 100 Å². The molecule has 0 aliphatic rings. The summed E-state index contributed by atoms with van der Waals surface area (Å²) in [4.78, 5) is 1.56. The number of hydrogen-bond donors (Lipinski definition) is 0. The van der Waals surface area contributed by atoms with E-state index in [-0.39, 0.29) is 0 Å².